The van der Waals surface area contributed by atoms with Gasteiger partial charge in [-0.2, -0.15) is 0 Å². The van der Waals surface area contributed by atoms with Gasteiger partial charge in [0.05, 0.1) is 10.6 Å². The summed E-state index contributed by atoms with van der Waals surface area (Å²) in [7, 11) is -3.35. The predicted octanol–water partition coefficient (Wildman–Crippen LogP) is 2.30. The van der Waals surface area contributed by atoms with Gasteiger partial charge in [-0.3, -0.25) is 4.79 Å². The largest absolute Gasteiger partial charge is 0.479 e. The van der Waals surface area contributed by atoms with Crippen molar-refractivity contribution in [2.75, 3.05) is 12.3 Å². The van der Waals surface area contributed by atoms with Gasteiger partial charge >= 0.3 is 5.97 Å². The number of carbonyl (C=O) groups is 2. The number of carboxylic acids is 1. The number of nitrogens with zero attached hydrogens (tertiary/aromatic N) is 1. The molecule has 6 nitrogen and oxygen atoms in total. The molecule has 1 amide bonds. The fraction of sp³-hybridized carbons (Fsp3) is 0.263. The first-order chi connectivity index (χ1) is 12.3. The lowest BCUT2D eigenvalue weighted by Gasteiger charge is -2.34. The second-order valence-electron chi connectivity index (χ2n) is 6.12. The summed E-state index contributed by atoms with van der Waals surface area (Å²) in [4.78, 5) is 26.2. The molecule has 7 heteroatoms. The Labute approximate surface area is 152 Å². The molecular formula is C19H19NO5S. The van der Waals surface area contributed by atoms with E-state index in [2.05, 4.69) is 0 Å². The highest BCUT2D eigenvalue weighted by molar-refractivity contribution is 7.91. The summed E-state index contributed by atoms with van der Waals surface area (Å²) in [6, 6.07) is 11.8. The van der Waals surface area contributed by atoms with Crippen LogP contribution < -0.4 is 0 Å². The Morgan fingerprint density at radius 1 is 1.12 bits per heavy atom. The topological polar surface area (TPSA) is 91.8 Å². The summed E-state index contributed by atoms with van der Waals surface area (Å²) in [5.41, 5.74) is 1.81. The van der Waals surface area contributed by atoms with Crippen molar-refractivity contribution in [3.05, 3.63) is 65.2 Å². The number of hydrogen-bond acceptors (Lipinski definition) is 4. The Morgan fingerprint density at radius 3 is 2.38 bits per heavy atom. The molecular weight excluding hydrogens is 354 g/mol. The van der Waals surface area contributed by atoms with Crippen LogP contribution in [-0.2, 0) is 21.1 Å². The van der Waals surface area contributed by atoms with E-state index in [1.807, 2.05) is 12.1 Å². The Balaban J connectivity index is 1.93. The number of sulfone groups is 1. The molecule has 26 heavy (non-hydrogen) atoms. The summed E-state index contributed by atoms with van der Waals surface area (Å²) in [6.07, 6.45) is 0.577. The van der Waals surface area contributed by atoms with Gasteiger partial charge in [0.15, 0.2) is 15.9 Å². The maximum atomic E-state index is 12.9. The van der Waals surface area contributed by atoms with Crippen molar-refractivity contribution >= 4 is 21.7 Å². The van der Waals surface area contributed by atoms with Crippen molar-refractivity contribution in [2.45, 2.75) is 24.3 Å². The molecule has 1 unspecified atom stereocenters. The minimum atomic E-state index is -3.35. The van der Waals surface area contributed by atoms with Gasteiger partial charge in [0.25, 0.3) is 5.91 Å². The van der Waals surface area contributed by atoms with Crippen LogP contribution in [0.1, 0.15) is 34.5 Å². The molecule has 0 aliphatic carbocycles. The molecule has 1 aliphatic rings. The maximum absolute atomic E-state index is 12.9. The van der Waals surface area contributed by atoms with Gasteiger partial charge in [-0.25, -0.2) is 13.2 Å². The van der Waals surface area contributed by atoms with E-state index in [4.69, 9.17) is 0 Å². The molecule has 0 spiro atoms. The SMILES string of the molecule is CCS(=O)(=O)c1ccc(C(=O)N2CCc3ccccc3C2C(=O)O)cc1. The van der Waals surface area contributed by atoms with Crippen LogP contribution in [0.25, 0.3) is 0 Å². The predicted molar refractivity (Wildman–Crippen MR) is 95.7 cm³/mol. The Hall–Kier alpha value is -2.67. The fourth-order valence-electron chi connectivity index (χ4n) is 3.19. The molecule has 0 aromatic heterocycles. The standard InChI is InChI=1S/C19H19NO5S/c1-2-26(24,25)15-9-7-14(8-10-15)18(21)20-12-11-13-5-3-4-6-16(13)17(20)19(22)23/h3-10,17H,2,11-12H2,1H3,(H,22,23). The first-order valence-corrected chi connectivity index (χ1v) is 9.95. The van der Waals surface area contributed by atoms with Crippen LogP contribution in [0.2, 0.25) is 0 Å². The van der Waals surface area contributed by atoms with Crippen LogP contribution in [0.15, 0.2) is 53.4 Å². The molecule has 1 aliphatic heterocycles. The van der Waals surface area contributed by atoms with E-state index in [1.165, 1.54) is 29.2 Å². The van der Waals surface area contributed by atoms with Gasteiger partial charge in [-0.1, -0.05) is 31.2 Å². The first-order valence-electron chi connectivity index (χ1n) is 8.29. The van der Waals surface area contributed by atoms with Gasteiger partial charge < -0.3 is 10.0 Å². The van der Waals surface area contributed by atoms with E-state index in [-0.39, 0.29) is 16.2 Å². The molecule has 0 fully saturated rings. The zero-order valence-corrected chi connectivity index (χ0v) is 15.1. The van der Waals surface area contributed by atoms with Gasteiger partial charge in [-0.15, -0.1) is 0 Å². The second-order valence-corrected chi connectivity index (χ2v) is 8.39. The molecule has 1 N–H and O–H groups in total. The van der Waals surface area contributed by atoms with Crippen molar-refractivity contribution in [3.63, 3.8) is 0 Å². The number of fused-ring (bicyclic) bond motifs is 1. The molecule has 0 radical (unpaired) electrons. The highest BCUT2D eigenvalue weighted by atomic mass is 32.2. The highest BCUT2D eigenvalue weighted by Gasteiger charge is 2.36. The van der Waals surface area contributed by atoms with Gasteiger partial charge in [0, 0.05) is 12.1 Å². The molecule has 0 saturated carbocycles. The number of carbonyl (C=O) groups excluding carboxylic acids is 1. The van der Waals surface area contributed by atoms with Crippen LogP contribution in [0, 0.1) is 0 Å². The number of aliphatic carboxylic acids is 1. The minimum Gasteiger partial charge on any atom is -0.479 e. The number of rotatable bonds is 4. The van der Waals surface area contributed by atoms with Gasteiger partial charge in [-0.05, 0) is 41.8 Å². The quantitative estimate of drug-likeness (QED) is 0.888. The van der Waals surface area contributed by atoms with E-state index in [9.17, 15) is 23.1 Å². The van der Waals surface area contributed by atoms with E-state index in [1.54, 1.807) is 19.1 Å². The maximum Gasteiger partial charge on any atom is 0.331 e. The van der Waals surface area contributed by atoms with E-state index < -0.39 is 27.8 Å². The molecule has 2 aromatic carbocycles. The third-order valence-electron chi connectivity index (χ3n) is 4.62. The highest BCUT2D eigenvalue weighted by Crippen LogP contribution is 2.31. The zero-order chi connectivity index (χ0) is 18.9. The van der Waals surface area contributed by atoms with Crippen molar-refractivity contribution in [1.29, 1.82) is 0 Å². The molecule has 3 rings (SSSR count). The van der Waals surface area contributed by atoms with Crippen LogP contribution in [0.4, 0.5) is 0 Å². The summed E-state index contributed by atoms with van der Waals surface area (Å²) in [5.74, 6) is -1.53. The lowest BCUT2D eigenvalue weighted by atomic mass is 9.92. The number of hydrogen-bond donors (Lipinski definition) is 1. The van der Waals surface area contributed by atoms with Crippen molar-refractivity contribution in [1.82, 2.24) is 4.90 Å². The fourth-order valence-corrected chi connectivity index (χ4v) is 4.07. The average Bonchev–Trinajstić information content (AvgIpc) is 2.66. The molecule has 0 bridgehead atoms. The summed E-state index contributed by atoms with van der Waals surface area (Å²) >= 11 is 0. The third kappa shape index (κ3) is 3.22. The van der Waals surface area contributed by atoms with Crippen molar-refractivity contribution < 1.29 is 23.1 Å². The molecule has 136 valence electrons. The Bertz CT molecular complexity index is 950. The third-order valence-corrected chi connectivity index (χ3v) is 6.37. The number of benzene rings is 2. The molecule has 0 saturated heterocycles. The molecule has 1 heterocycles. The van der Waals surface area contributed by atoms with E-state index in [0.717, 1.165) is 5.56 Å². The van der Waals surface area contributed by atoms with Crippen LogP contribution >= 0.6 is 0 Å². The minimum absolute atomic E-state index is 0.0235. The molecule has 1 atom stereocenters. The van der Waals surface area contributed by atoms with Crippen LogP contribution in [0.5, 0.6) is 0 Å². The summed E-state index contributed by atoms with van der Waals surface area (Å²) < 4.78 is 23.8. The monoisotopic (exact) mass is 373 g/mol. The van der Waals surface area contributed by atoms with Gasteiger partial charge in [0.1, 0.15) is 0 Å². The summed E-state index contributed by atoms with van der Waals surface area (Å²) in [6.45, 7) is 1.85. The van der Waals surface area contributed by atoms with Crippen LogP contribution in [-0.4, -0.2) is 42.6 Å². The normalized spacial score (nSPS) is 16.8. The van der Waals surface area contributed by atoms with Crippen molar-refractivity contribution in [3.8, 4) is 0 Å². The molecule has 2 aromatic rings. The number of amides is 1. The van der Waals surface area contributed by atoms with E-state index >= 15 is 0 Å². The van der Waals surface area contributed by atoms with Gasteiger partial charge in [0.2, 0.25) is 0 Å². The second kappa shape index (κ2) is 6.92. The summed E-state index contributed by atoms with van der Waals surface area (Å²) in [5, 5.41) is 9.66. The smallest absolute Gasteiger partial charge is 0.331 e. The van der Waals surface area contributed by atoms with Crippen molar-refractivity contribution in [2.24, 2.45) is 0 Å². The van der Waals surface area contributed by atoms with Crippen LogP contribution in [0.3, 0.4) is 0 Å². The number of carboxylic acid groups (broad SMARTS) is 1. The average molecular weight is 373 g/mol. The first kappa shape index (κ1) is 18.1. The Morgan fingerprint density at radius 2 is 1.77 bits per heavy atom. The lowest BCUT2D eigenvalue weighted by molar-refractivity contribution is -0.143. The lowest BCUT2D eigenvalue weighted by Crippen LogP contribution is -2.43. The van der Waals surface area contributed by atoms with E-state index in [0.29, 0.717) is 18.5 Å². The zero-order valence-electron chi connectivity index (χ0n) is 14.3. The Kier molecular flexibility index (Phi) is 4.82.